The van der Waals surface area contributed by atoms with E-state index in [-0.39, 0.29) is 12.0 Å². The van der Waals surface area contributed by atoms with E-state index in [9.17, 15) is 9.90 Å². The molecular formula is C11H24N2O2. The lowest BCUT2D eigenvalue weighted by atomic mass is 10.2. The molecule has 15 heavy (non-hydrogen) atoms. The Balaban J connectivity index is 3.62. The number of nitrogens with zero attached hydrogens (tertiary/aromatic N) is 1. The maximum Gasteiger partial charge on any atom is 0.236 e. The van der Waals surface area contributed by atoms with Crippen molar-refractivity contribution in [3.8, 4) is 0 Å². The zero-order valence-corrected chi connectivity index (χ0v) is 10.1. The average molecular weight is 216 g/mol. The Bertz CT molecular complexity index is 170. The molecule has 90 valence electrons. The number of nitrogens with one attached hydrogen (secondary N) is 1. The Morgan fingerprint density at radius 1 is 1.33 bits per heavy atom. The van der Waals surface area contributed by atoms with Crippen LogP contribution in [0, 0.1) is 0 Å². The minimum absolute atomic E-state index is 0.101. The third-order valence-electron chi connectivity index (χ3n) is 2.39. The van der Waals surface area contributed by atoms with E-state index in [0.717, 1.165) is 25.9 Å². The van der Waals surface area contributed by atoms with E-state index in [4.69, 9.17) is 0 Å². The number of amides is 1. The van der Waals surface area contributed by atoms with Crippen molar-refractivity contribution < 1.29 is 9.90 Å². The van der Waals surface area contributed by atoms with Crippen molar-refractivity contribution in [1.29, 1.82) is 0 Å². The van der Waals surface area contributed by atoms with Crippen molar-refractivity contribution in [1.82, 2.24) is 10.2 Å². The van der Waals surface area contributed by atoms with E-state index >= 15 is 0 Å². The van der Waals surface area contributed by atoms with Crippen molar-refractivity contribution >= 4 is 5.91 Å². The molecule has 1 unspecified atom stereocenters. The zero-order chi connectivity index (χ0) is 11.7. The molecular weight excluding hydrogens is 192 g/mol. The molecule has 0 aromatic rings. The summed E-state index contributed by atoms with van der Waals surface area (Å²) in [6, 6.07) is 0. The minimum atomic E-state index is -0.334. The molecule has 0 saturated heterocycles. The van der Waals surface area contributed by atoms with Crippen LogP contribution in [0.1, 0.15) is 33.6 Å². The number of carbonyl (C=O) groups excluding carboxylic acids is 1. The first-order chi connectivity index (χ1) is 7.15. The van der Waals surface area contributed by atoms with E-state index in [1.807, 2.05) is 20.8 Å². The van der Waals surface area contributed by atoms with Crippen LogP contribution in [0.15, 0.2) is 0 Å². The highest BCUT2D eigenvalue weighted by Gasteiger charge is 2.09. The Kier molecular flexibility index (Phi) is 8.33. The van der Waals surface area contributed by atoms with Gasteiger partial charge in [0, 0.05) is 19.6 Å². The number of hydrogen-bond acceptors (Lipinski definition) is 3. The maximum absolute atomic E-state index is 11.5. The number of rotatable bonds is 8. The molecule has 2 N–H and O–H groups in total. The molecule has 0 aromatic carbocycles. The van der Waals surface area contributed by atoms with Gasteiger partial charge in [0.1, 0.15) is 0 Å². The monoisotopic (exact) mass is 216 g/mol. The first-order valence-electron chi connectivity index (χ1n) is 5.82. The highest BCUT2D eigenvalue weighted by molar-refractivity contribution is 5.78. The minimum Gasteiger partial charge on any atom is -0.392 e. The molecule has 0 fully saturated rings. The van der Waals surface area contributed by atoms with E-state index in [1.165, 1.54) is 0 Å². The Hall–Kier alpha value is -0.610. The third kappa shape index (κ3) is 6.47. The van der Waals surface area contributed by atoms with Crippen LogP contribution in [0.4, 0.5) is 0 Å². The lowest BCUT2D eigenvalue weighted by Gasteiger charge is -2.19. The van der Waals surface area contributed by atoms with Gasteiger partial charge in [0.15, 0.2) is 0 Å². The fraction of sp³-hybridized carbons (Fsp3) is 0.909. The van der Waals surface area contributed by atoms with E-state index in [1.54, 1.807) is 4.90 Å². The highest BCUT2D eigenvalue weighted by Crippen LogP contribution is 1.94. The zero-order valence-electron chi connectivity index (χ0n) is 10.1. The second-order valence-corrected chi connectivity index (χ2v) is 3.64. The molecule has 0 spiro atoms. The van der Waals surface area contributed by atoms with Crippen LogP contribution in [-0.4, -0.2) is 48.2 Å². The predicted octanol–water partition coefficient (Wildman–Crippen LogP) is 0.605. The number of likely N-dealkylation sites (N-methyl/N-ethyl adjacent to an activating group) is 1. The van der Waals surface area contributed by atoms with Crippen molar-refractivity contribution in [3.63, 3.8) is 0 Å². The molecule has 0 heterocycles. The Morgan fingerprint density at radius 3 is 2.40 bits per heavy atom. The van der Waals surface area contributed by atoms with E-state index < -0.39 is 0 Å². The number of carbonyl (C=O) groups is 1. The number of aliphatic hydroxyl groups excluding tert-OH is 1. The predicted molar refractivity (Wildman–Crippen MR) is 61.7 cm³/mol. The summed E-state index contributed by atoms with van der Waals surface area (Å²) in [5, 5.41) is 12.4. The van der Waals surface area contributed by atoms with Gasteiger partial charge in [0.05, 0.1) is 12.6 Å². The van der Waals surface area contributed by atoms with Gasteiger partial charge in [0.25, 0.3) is 0 Å². The first-order valence-corrected chi connectivity index (χ1v) is 5.82. The third-order valence-corrected chi connectivity index (χ3v) is 2.39. The van der Waals surface area contributed by atoms with Crippen molar-refractivity contribution in [2.24, 2.45) is 0 Å². The van der Waals surface area contributed by atoms with Crippen molar-refractivity contribution in [3.05, 3.63) is 0 Å². The summed E-state index contributed by atoms with van der Waals surface area (Å²) in [6.45, 7) is 8.28. The van der Waals surface area contributed by atoms with Gasteiger partial charge < -0.3 is 15.3 Å². The normalized spacial score (nSPS) is 12.5. The summed E-state index contributed by atoms with van der Waals surface area (Å²) in [5.74, 6) is 0.101. The molecule has 0 aliphatic rings. The topological polar surface area (TPSA) is 52.6 Å². The molecule has 0 bridgehead atoms. The Labute approximate surface area is 92.7 Å². The standard InChI is InChI=1S/C11H24N2O2/c1-4-7-10(14)8-12-9-11(15)13(5-2)6-3/h10,12,14H,4-9H2,1-3H3. The average Bonchev–Trinajstić information content (AvgIpc) is 2.20. The molecule has 1 amide bonds. The first kappa shape index (κ1) is 14.4. The fourth-order valence-corrected chi connectivity index (χ4v) is 1.47. The van der Waals surface area contributed by atoms with Gasteiger partial charge in [-0.05, 0) is 20.3 Å². The van der Waals surface area contributed by atoms with Crippen molar-refractivity contribution in [2.45, 2.75) is 39.7 Å². The van der Waals surface area contributed by atoms with Crippen LogP contribution in [0.5, 0.6) is 0 Å². The summed E-state index contributed by atoms with van der Waals surface area (Å²) in [4.78, 5) is 13.3. The number of aliphatic hydroxyl groups is 1. The van der Waals surface area contributed by atoms with E-state index in [0.29, 0.717) is 13.1 Å². The van der Waals surface area contributed by atoms with Gasteiger partial charge in [-0.1, -0.05) is 13.3 Å². The van der Waals surface area contributed by atoms with Gasteiger partial charge in [0.2, 0.25) is 5.91 Å². The maximum atomic E-state index is 11.5. The lowest BCUT2D eigenvalue weighted by molar-refractivity contribution is -0.129. The molecule has 0 aromatic heterocycles. The molecule has 4 nitrogen and oxygen atoms in total. The van der Waals surface area contributed by atoms with Gasteiger partial charge in [-0.15, -0.1) is 0 Å². The Morgan fingerprint density at radius 2 is 1.93 bits per heavy atom. The van der Waals surface area contributed by atoms with Crippen LogP contribution < -0.4 is 5.32 Å². The second-order valence-electron chi connectivity index (χ2n) is 3.64. The van der Waals surface area contributed by atoms with E-state index in [2.05, 4.69) is 5.32 Å². The summed E-state index contributed by atoms with van der Waals surface area (Å²) < 4.78 is 0. The molecule has 0 rings (SSSR count). The van der Waals surface area contributed by atoms with Gasteiger partial charge in [-0.25, -0.2) is 0 Å². The highest BCUT2D eigenvalue weighted by atomic mass is 16.3. The van der Waals surface area contributed by atoms with Crippen LogP contribution in [-0.2, 0) is 4.79 Å². The van der Waals surface area contributed by atoms with Crippen LogP contribution in [0.3, 0.4) is 0 Å². The lowest BCUT2D eigenvalue weighted by Crippen LogP contribution is -2.40. The largest absolute Gasteiger partial charge is 0.392 e. The number of hydrogen-bond donors (Lipinski definition) is 2. The summed E-state index contributed by atoms with van der Waals surface area (Å²) in [7, 11) is 0. The smallest absolute Gasteiger partial charge is 0.236 e. The van der Waals surface area contributed by atoms with Gasteiger partial charge in [-0.2, -0.15) is 0 Å². The van der Waals surface area contributed by atoms with Gasteiger partial charge >= 0.3 is 0 Å². The summed E-state index contributed by atoms with van der Waals surface area (Å²) in [5.41, 5.74) is 0. The second kappa shape index (κ2) is 8.68. The summed E-state index contributed by atoms with van der Waals surface area (Å²) in [6.07, 6.45) is 1.42. The van der Waals surface area contributed by atoms with Gasteiger partial charge in [-0.3, -0.25) is 4.79 Å². The molecule has 0 saturated carbocycles. The van der Waals surface area contributed by atoms with Crippen LogP contribution in [0.25, 0.3) is 0 Å². The van der Waals surface area contributed by atoms with Crippen LogP contribution >= 0.6 is 0 Å². The molecule has 0 aliphatic carbocycles. The quantitative estimate of drug-likeness (QED) is 0.625. The SMILES string of the molecule is CCCC(O)CNCC(=O)N(CC)CC. The molecule has 0 radical (unpaired) electrons. The molecule has 4 heteroatoms. The molecule has 0 aliphatic heterocycles. The van der Waals surface area contributed by atoms with Crippen molar-refractivity contribution in [2.75, 3.05) is 26.2 Å². The van der Waals surface area contributed by atoms with Crippen LogP contribution in [0.2, 0.25) is 0 Å². The summed E-state index contributed by atoms with van der Waals surface area (Å²) >= 11 is 0. The molecule has 1 atom stereocenters. The fourth-order valence-electron chi connectivity index (χ4n) is 1.47.